The molecule has 0 spiro atoms. The topological polar surface area (TPSA) is 52.2 Å². The third kappa shape index (κ3) is 3.32. The first-order valence-electron chi connectivity index (χ1n) is 3.36. The van der Waals surface area contributed by atoms with Gasteiger partial charge in [-0.25, -0.2) is 0 Å². The predicted molar refractivity (Wildman–Crippen MR) is 47.5 cm³/mol. The summed E-state index contributed by atoms with van der Waals surface area (Å²) >= 11 is -2.23. The van der Waals surface area contributed by atoms with Crippen LogP contribution in [0.1, 0.15) is 5.56 Å². The molecule has 0 bridgehead atoms. The van der Waals surface area contributed by atoms with Gasteiger partial charge < -0.3 is 9.27 Å². The summed E-state index contributed by atoms with van der Waals surface area (Å²) in [6, 6.07) is 9.43. The zero-order chi connectivity index (χ0) is 8.81. The van der Waals surface area contributed by atoms with Crippen molar-refractivity contribution in [2.24, 2.45) is 0 Å². The third-order valence-electron chi connectivity index (χ3n) is 1.24. The van der Waals surface area contributed by atoms with Crippen molar-refractivity contribution in [2.75, 3.05) is 0 Å². The summed E-state index contributed by atoms with van der Waals surface area (Å²) in [5.74, 6) is 0. The first kappa shape index (κ1) is 8.96. The molecule has 1 unspecified atom stereocenters. The van der Waals surface area contributed by atoms with Crippen molar-refractivity contribution in [3.05, 3.63) is 42.1 Å². The van der Waals surface area contributed by atoms with E-state index in [-0.39, 0.29) is 0 Å². The fraction of sp³-hybridized carbons (Fsp3) is 0. The maximum atomic E-state index is 10.0. The molecular formula is C8H8NO2S-. The Hall–Kier alpha value is -1.13. The molecule has 0 aliphatic rings. The lowest BCUT2D eigenvalue weighted by Gasteiger charge is -2.01. The van der Waals surface area contributed by atoms with Gasteiger partial charge in [-0.15, -0.1) is 0 Å². The van der Waals surface area contributed by atoms with E-state index < -0.39 is 11.3 Å². The number of nitrogens with one attached hydrogen (secondary N) is 1. The average molecular weight is 182 g/mol. The van der Waals surface area contributed by atoms with Crippen molar-refractivity contribution in [1.82, 2.24) is 4.72 Å². The molecule has 0 aliphatic carbocycles. The summed E-state index contributed by atoms with van der Waals surface area (Å²) in [6.07, 6.45) is 3.05. The largest absolute Gasteiger partial charge is 0.755 e. The molecule has 3 nitrogen and oxygen atoms in total. The standard InChI is InChI=1S/C8H9NO2S/c10-12(11)9-7-6-8-4-2-1-3-5-8/h1-7,9H,(H,10,11)/p-1/b7-6+. The Kier molecular flexibility index (Phi) is 3.50. The average Bonchev–Trinajstić information content (AvgIpc) is 2.05. The molecule has 0 saturated heterocycles. The van der Waals surface area contributed by atoms with Crippen LogP contribution in [0.25, 0.3) is 6.08 Å². The van der Waals surface area contributed by atoms with E-state index in [1.54, 1.807) is 6.08 Å². The normalized spacial score (nSPS) is 13.1. The molecule has 0 amide bonds. The van der Waals surface area contributed by atoms with E-state index in [0.717, 1.165) is 5.56 Å². The van der Waals surface area contributed by atoms with E-state index in [4.69, 9.17) is 0 Å². The third-order valence-corrected chi connectivity index (χ3v) is 1.57. The lowest BCUT2D eigenvalue weighted by atomic mass is 10.2. The summed E-state index contributed by atoms with van der Waals surface area (Å²) in [5, 5.41) is 0. The van der Waals surface area contributed by atoms with Crippen molar-refractivity contribution in [3.63, 3.8) is 0 Å². The quantitative estimate of drug-likeness (QED) is 0.710. The van der Waals surface area contributed by atoms with E-state index in [2.05, 4.69) is 4.72 Å². The monoisotopic (exact) mass is 182 g/mol. The first-order valence-corrected chi connectivity index (χ1v) is 4.43. The highest BCUT2D eigenvalue weighted by atomic mass is 32.2. The highest BCUT2D eigenvalue weighted by Gasteiger charge is 1.80. The second kappa shape index (κ2) is 4.69. The summed E-state index contributed by atoms with van der Waals surface area (Å²) in [7, 11) is 0. The SMILES string of the molecule is O=S([O-])N/C=C/c1ccccc1. The van der Waals surface area contributed by atoms with E-state index >= 15 is 0 Å². The number of hydrogen-bond donors (Lipinski definition) is 1. The van der Waals surface area contributed by atoms with E-state index in [0.29, 0.717) is 0 Å². The molecule has 0 saturated carbocycles. The van der Waals surface area contributed by atoms with Gasteiger partial charge in [0, 0.05) is 17.5 Å². The maximum absolute atomic E-state index is 10.0. The van der Waals surface area contributed by atoms with Crippen molar-refractivity contribution >= 4 is 17.3 Å². The number of rotatable bonds is 3. The van der Waals surface area contributed by atoms with Gasteiger partial charge >= 0.3 is 0 Å². The van der Waals surface area contributed by atoms with Gasteiger partial charge in [0.1, 0.15) is 0 Å². The fourth-order valence-electron chi connectivity index (χ4n) is 0.750. The number of hydrogen-bond acceptors (Lipinski definition) is 2. The summed E-state index contributed by atoms with van der Waals surface area (Å²) in [6.45, 7) is 0. The summed E-state index contributed by atoms with van der Waals surface area (Å²) < 4.78 is 22.2. The molecule has 12 heavy (non-hydrogen) atoms. The molecule has 0 fully saturated rings. The highest BCUT2D eigenvalue weighted by Crippen LogP contribution is 1.99. The molecular weight excluding hydrogens is 174 g/mol. The van der Waals surface area contributed by atoms with Gasteiger partial charge in [0.2, 0.25) is 0 Å². The van der Waals surface area contributed by atoms with Crippen LogP contribution >= 0.6 is 0 Å². The van der Waals surface area contributed by atoms with Gasteiger partial charge in [-0.05, 0) is 11.6 Å². The van der Waals surface area contributed by atoms with Crippen LogP contribution in [-0.4, -0.2) is 8.76 Å². The zero-order valence-electron chi connectivity index (χ0n) is 6.27. The minimum Gasteiger partial charge on any atom is -0.755 e. The van der Waals surface area contributed by atoms with Gasteiger partial charge in [0.05, 0.1) is 0 Å². The van der Waals surface area contributed by atoms with Crippen molar-refractivity contribution in [2.45, 2.75) is 0 Å². The molecule has 1 rings (SSSR count). The maximum Gasteiger partial charge on any atom is 0.0442 e. The second-order valence-corrected chi connectivity index (χ2v) is 2.80. The van der Waals surface area contributed by atoms with Crippen LogP contribution in [0.4, 0.5) is 0 Å². The van der Waals surface area contributed by atoms with Crippen LogP contribution in [-0.2, 0) is 11.3 Å². The molecule has 4 heteroatoms. The lowest BCUT2D eigenvalue weighted by molar-refractivity contribution is 0.531. The van der Waals surface area contributed by atoms with Crippen LogP contribution in [0, 0.1) is 0 Å². The highest BCUT2D eigenvalue weighted by molar-refractivity contribution is 7.77. The zero-order valence-corrected chi connectivity index (χ0v) is 7.08. The van der Waals surface area contributed by atoms with Gasteiger partial charge in [-0.3, -0.25) is 4.21 Å². The molecule has 0 radical (unpaired) electrons. The molecule has 1 atom stereocenters. The van der Waals surface area contributed by atoms with Crippen LogP contribution < -0.4 is 4.72 Å². The fourth-order valence-corrected chi connectivity index (χ4v) is 0.929. The minimum absolute atomic E-state index is 0.954. The lowest BCUT2D eigenvalue weighted by Crippen LogP contribution is -2.07. The van der Waals surface area contributed by atoms with Gasteiger partial charge in [-0.2, -0.15) is 0 Å². The molecule has 0 aliphatic heterocycles. The van der Waals surface area contributed by atoms with E-state index in [1.165, 1.54) is 6.20 Å². The Labute approximate surface area is 73.5 Å². The van der Waals surface area contributed by atoms with Crippen molar-refractivity contribution < 1.29 is 8.76 Å². The Morgan fingerprint density at radius 1 is 1.33 bits per heavy atom. The smallest absolute Gasteiger partial charge is 0.0442 e. The Bertz CT molecular complexity index is 284. The van der Waals surface area contributed by atoms with Crippen LogP contribution in [0.3, 0.4) is 0 Å². The molecule has 64 valence electrons. The van der Waals surface area contributed by atoms with Gasteiger partial charge in [0.25, 0.3) is 0 Å². The number of benzene rings is 1. The van der Waals surface area contributed by atoms with E-state index in [1.807, 2.05) is 30.3 Å². The van der Waals surface area contributed by atoms with Gasteiger partial charge in [-0.1, -0.05) is 30.3 Å². The van der Waals surface area contributed by atoms with Crippen LogP contribution in [0.5, 0.6) is 0 Å². The van der Waals surface area contributed by atoms with Crippen LogP contribution in [0.2, 0.25) is 0 Å². The van der Waals surface area contributed by atoms with Crippen molar-refractivity contribution in [3.8, 4) is 0 Å². The molecule has 1 aromatic carbocycles. The van der Waals surface area contributed by atoms with E-state index in [9.17, 15) is 8.76 Å². The van der Waals surface area contributed by atoms with Gasteiger partial charge in [0.15, 0.2) is 0 Å². The molecule has 0 heterocycles. The molecule has 0 aromatic heterocycles. The minimum atomic E-state index is -2.23. The first-order chi connectivity index (χ1) is 5.79. The Morgan fingerprint density at radius 3 is 2.58 bits per heavy atom. The van der Waals surface area contributed by atoms with Crippen molar-refractivity contribution in [1.29, 1.82) is 0 Å². The Balaban J connectivity index is 2.52. The predicted octanol–water partition coefficient (Wildman–Crippen LogP) is 1.04. The molecule has 1 aromatic rings. The summed E-state index contributed by atoms with van der Waals surface area (Å²) in [5.41, 5.74) is 0.954. The van der Waals surface area contributed by atoms with Crippen LogP contribution in [0.15, 0.2) is 36.5 Å². The summed E-state index contributed by atoms with van der Waals surface area (Å²) in [4.78, 5) is 0. The molecule has 1 N–H and O–H groups in total. The Morgan fingerprint density at radius 2 is 2.00 bits per heavy atom. The second-order valence-electron chi connectivity index (χ2n) is 2.10.